The number of nitriles is 1. The highest BCUT2D eigenvalue weighted by Gasteiger charge is 2.14. The standard InChI is InChI=1S/C17H15F2N3OSi/c1-24(2,3)7-6-16-15(21)9-14(19)17(22-16)23-12-4-5-13(18)11(8-12)10-20/h4-5,8-9H,21H2,1-3H3. The molecule has 2 N–H and O–H groups in total. The number of hydrogen-bond acceptors (Lipinski definition) is 4. The quantitative estimate of drug-likeness (QED) is 0.664. The molecule has 0 amide bonds. The average Bonchev–Trinajstić information content (AvgIpc) is 2.49. The van der Waals surface area contributed by atoms with Gasteiger partial charge in [0.05, 0.1) is 11.3 Å². The van der Waals surface area contributed by atoms with Gasteiger partial charge in [0.2, 0.25) is 0 Å². The van der Waals surface area contributed by atoms with Crippen LogP contribution in [0.1, 0.15) is 11.3 Å². The first-order chi connectivity index (χ1) is 11.2. The summed E-state index contributed by atoms with van der Waals surface area (Å²) in [6.45, 7) is 6.16. The number of anilines is 1. The zero-order valence-electron chi connectivity index (χ0n) is 13.4. The smallest absolute Gasteiger partial charge is 0.257 e. The molecule has 1 heterocycles. The van der Waals surface area contributed by atoms with Crippen LogP contribution in [0.15, 0.2) is 24.3 Å². The van der Waals surface area contributed by atoms with Crippen molar-refractivity contribution in [3.63, 3.8) is 0 Å². The maximum atomic E-state index is 14.0. The van der Waals surface area contributed by atoms with Crippen molar-refractivity contribution in [3.8, 4) is 29.2 Å². The molecule has 0 saturated heterocycles. The molecule has 1 aromatic carbocycles. The van der Waals surface area contributed by atoms with Gasteiger partial charge < -0.3 is 10.5 Å². The SMILES string of the molecule is C[Si](C)(C)C#Cc1nc(Oc2ccc(F)c(C#N)c2)c(F)cc1N. The normalized spacial score (nSPS) is 10.5. The van der Waals surface area contributed by atoms with E-state index in [-0.39, 0.29) is 28.6 Å². The van der Waals surface area contributed by atoms with Gasteiger partial charge in [0.15, 0.2) is 5.82 Å². The highest BCUT2D eigenvalue weighted by molar-refractivity contribution is 6.83. The minimum Gasteiger partial charge on any atom is -0.436 e. The Morgan fingerprint density at radius 3 is 2.50 bits per heavy atom. The molecule has 0 aliphatic carbocycles. The van der Waals surface area contributed by atoms with Crippen LogP contribution < -0.4 is 10.5 Å². The van der Waals surface area contributed by atoms with Gasteiger partial charge in [-0.25, -0.2) is 8.78 Å². The van der Waals surface area contributed by atoms with Gasteiger partial charge in [0.25, 0.3) is 5.88 Å². The highest BCUT2D eigenvalue weighted by Crippen LogP contribution is 2.26. The summed E-state index contributed by atoms with van der Waals surface area (Å²) in [5.41, 5.74) is 8.96. The van der Waals surface area contributed by atoms with Gasteiger partial charge in [0.1, 0.15) is 31.4 Å². The van der Waals surface area contributed by atoms with Gasteiger partial charge in [0, 0.05) is 12.1 Å². The Kier molecular flexibility index (Phi) is 4.86. The number of benzene rings is 1. The molecule has 122 valence electrons. The van der Waals surface area contributed by atoms with Gasteiger partial charge in [-0.3, -0.25) is 0 Å². The fraction of sp³-hybridized carbons (Fsp3) is 0.176. The van der Waals surface area contributed by atoms with E-state index in [1.54, 1.807) is 6.07 Å². The van der Waals surface area contributed by atoms with Crippen LogP contribution in [0, 0.1) is 34.4 Å². The molecule has 24 heavy (non-hydrogen) atoms. The number of nitrogen functional groups attached to an aromatic ring is 1. The van der Waals surface area contributed by atoms with E-state index in [2.05, 4.69) is 36.1 Å². The molecule has 0 unspecified atom stereocenters. The van der Waals surface area contributed by atoms with E-state index in [0.717, 1.165) is 12.1 Å². The van der Waals surface area contributed by atoms with Gasteiger partial charge in [-0.1, -0.05) is 25.6 Å². The van der Waals surface area contributed by atoms with Crippen LogP contribution in [0.4, 0.5) is 14.5 Å². The largest absolute Gasteiger partial charge is 0.436 e. The Morgan fingerprint density at radius 2 is 1.88 bits per heavy atom. The lowest BCUT2D eigenvalue weighted by molar-refractivity contribution is 0.421. The topological polar surface area (TPSA) is 71.9 Å². The van der Waals surface area contributed by atoms with E-state index in [4.69, 9.17) is 15.7 Å². The third kappa shape index (κ3) is 4.31. The molecule has 0 aliphatic rings. The predicted molar refractivity (Wildman–Crippen MR) is 90.0 cm³/mol. The molecule has 0 fully saturated rings. The summed E-state index contributed by atoms with van der Waals surface area (Å²) in [7, 11) is -1.66. The number of ether oxygens (including phenoxy) is 1. The van der Waals surface area contributed by atoms with E-state index in [9.17, 15) is 8.78 Å². The Labute approximate surface area is 139 Å². The van der Waals surface area contributed by atoms with Crippen molar-refractivity contribution in [2.24, 2.45) is 0 Å². The van der Waals surface area contributed by atoms with Crippen molar-refractivity contribution < 1.29 is 13.5 Å². The molecule has 0 saturated carbocycles. The van der Waals surface area contributed by atoms with E-state index < -0.39 is 19.7 Å². The zero-order chi connectivity index (χ0) is 17.9. The number of rotatable bonds is 2. The lowest BCUT2D eigenvalue weighted by Gasteiger charge is -2.09. The Bertz CT molecular complexity index is 890. The van der Waals surface area contributed by atoms with Crippen molar-refractivity contribution in [1.29, 1.82) is 5.26 Å². The second-order valence-electron chi connectivity index (χ2n) is 6.07. The molecule has 0 aliphatic heterocycles. The summed E-state index contributed by atoms with van der Waals surface area (Å²) in [5.74, 6) is 1.16. The third-order valence-electron chi connectivity index (χ3n) is 2.80. The molecular formula is C17H15F2N3OSi. The summed E-state index contributed by atoms with van der Waals surface area (Å²) >= 11 is 0. The Hall–Kier alpha value is -2.90. The number of nitrogens with two attached hydrogens (primary N) is 1. The van der Waals surface area contributed by atoms with E-state index in [1.165, 1.54) is 12.1 Å². The lowest BCUT2D eigenvalue weighted by atomic mass is 10.2. The first kappa shape index (κ1) is 17.5. The van der Waals surface area contributed by atoms with E-state index in [1.807, 2.05) is 0 Å². The van der Waals surface area contributed by atoms with Gasteiger partial charge in [-0.15, -0.1) is 5.54 Å². The molecule has 0 radical (unpaired) electrons. The average molecular weight is 343 g/mol. The zero-order valence-corrected chi connectivity index (χ0v) is 14.4. The first-order valence-corrected chi connectivity index (χ1v) is 10.6. The number of hydrogen-bond donors (Lipinski definition) is 1. The van der Waals surface area contributed by atoms with Crippen molar-refractivity contribution in [3.05, 3.63) is 47.2 Å². The van der Waals surface area contributed by atoms with Crippen LogP contribution in [0.3, 0.4) is 0 Å². The Balaban J connectivity index is 2.40. The molecular weight excluding hydrogens is 328 g/mol. The Morgan fingerprint density at radius 1 is 1.17 bits per heavy atom. The molecule has 1 aromatic heterocycles. The van der Waals surface area contributed by atoms with Crippen LogP contribution in [0.5, 0.6) is 11.6 Å². The van der Waals surface area contributed by atoms with Crippen molar-refractivity contribution in [2.45, 2.75) is 19.6 Å². The minimum absolute atomic E-state index is 0.0910. The first-order valence-electron chi connectivity index (χ1n) is 7.06. The summed E-state index contributed by atoms with van der Waals surface area (Å²) in [4.78, 5) is 4.00. The molecule has 4 nitrogen and oxygen atoms in total. The highest BCUT2D eigenvalue weighted by atomic mass is 28.3. The number of pyridine rings is 1. The number of nitrogens with zero attached hydrogens (tertiary/aromatic N) is 2. The van der Waals surface area contributed by atoms with Crippen LogP contribution >= 0.6 is 0 Å². The minimum atomic E-state index is -1.66. The fourth-order valence-corrected chi connectivity index (χ4v) is 2.16. The number of aromatic nitrogens is 1. The predicted octanol–water partition coefficient (Wildman–Crippen LogP) is 3.83. The summed E-state index contributed by atoms with van der Waals surface area (Å²) < 4.78 is 32.6. The molecule has 2 aromatic rings. The lowest BCUT2D eigenvalue weighted by Crippen LogP contribution is -2.16. The van der Waals surface area contributed by atoms with Crippen molar-refractivity contribution in [1.82, 2.24) is 4.98 Å². The van der Waals surface area contributed by atoms with Crippen molar-refractivity contribution >= 4 is 13.8 Å². The molecule has 7 heteroatoms. The van der Waals surface area contributed by atoms with E-state index >= 15 is 0 Å². The van der Waals surface area contributed by atoms with Crippen molar-refractivity contribution in [2.75, 3.05) is 5.73 Å². The van der Waals surface area contributed by atoms with Crippen LogP contribution in [0.2, 0.25) is 19.6 Å². The van der Waals surface area contributed by atoms with E-state index in [0.29, 0.717) is 0 Å². The second kappa shape index (κ2) is 6.69. The maximum Gasteiger partial charge on any atom is 0.257 e. The van der Waals surface area contributed by atoms with Gasteiger partial charge >= 0.3 is 0 Å². The summed E-state index contributed by atoms with van der Waals surface area (Å²) in [6.07, 6.45) is 0. The van der Waals surface area contributed by atoms with Crippen LogP contribution in [-0.2, 0) is 0 Å². The number of halogens is 2. The molecule has 2 rings (SSSR count). The molecule has 0 atom stereocenters. The molecule has 0 bridgehead atoms. The van der Waals surface area contributed by atoms with Gasteiger partial charge in [-0.05, 0) is 12.1 Å². The van der Waals surface area contributed by atoms with Crippen LogP contribution in [-0.4, -0.2) is 13.1 Å². The maximum absolute atomic E-state index is 14.0. The molecule has 0 spiro atoms. The summed E-state index contributed by atoms with van der Waals surface area (Å²) in [6, 6.07) is 6.27. The fourth-order valence-electron chi connectivity index (χ4n) is 1.67. The third-order valence-corrected chi connectivity index (χ3v) is 3.68. The monoisotopic (exact) mass is 343 g/mol. The van der Waals surface area contributed by atoms with Crippen LogP contribution in [0.25, 0.3) is 0 Å². The summed E-state index contributed by atoms with van der Waals surface area (Å²) in [5, 5.41) is 8.82. The second-order valence-corrected chi connectivity index (χ2v) is 10.8. The van der Waals surface area contributed by atoms with Gasteiger partial charge in [-0.2, -0.15) is 10.2 Å².